The molecule has 0 radical (unpaired) electrons. The zero-order chi connectivity index (χ0) is 21.1. The fourth-order valence-electron chi connectivity index (χ4n) is 2.72. The highest BCUT2D eigenvalue weighted by atomic mass is 79.9. The van der Waals surface area contributed by atoms with Crippen molar-refractivity contribution >= 4 is 56.5 Å². The third kappa shape index (κ3) is 4.89. The maximum absolute atomic E-state index is 12.6. The Hall–Kier alpha value is -2.58. The van der Waals surface area contributed by atoms with Crippen LogP contribution in [0.15, 0.2) is 45.8 Å². The summed E-state index contributed by atoms with van der Waals surface area (Å²) >= 11 is 4.21. The molecule has 6 nitrogen and oxygen atoms in total. The molecule has 1 heterocycles. The number of thioether (sulfide) groups is 1. The van der Waals surface area contributed by atoms with E-state index in [1.807, 2.05) is 26.0 Å². The van der Waals surface area contributed by atoms with Crippen LogP contribution in [0.1, 0.15) is 16.7 Å². The normalized spacial score (nSPS) is 15.2. The summed E-state index contributed by atoms with van der Waals surface area (Å²) in [6.45, 7) is 3.60. The molecule has 0 aromatic heterocycles. The number of benzene rings is 2. The molecular weight excluding hydrogens is 456 g/mol. The van der Waals surface area contributed by atoms with Crippen molar-refractivity contribution in [3.63, 3.8) is 0 Å². The highest BCUT2D eigenvalue weighted by molar-refractivity contribution is 9.10. The maximum atomic E-state index is 12.6. The molecular formula is C21H19BrN2O4S. The Morgan fingerprint density at radius 3 is 2.59 bits per heavy atom. The van der Waals surface area contributed by atoms with Crippen LogP contribution in [0, 0.1) is 13.8 Å². The second-order valence-corrected chi connectivity index (χ2v) is 8.36. The number of imide groups is 1. The van der Waals surface area contributed by atoms with Crippen LogP contribution in [0.4, 0.5) is 10.5 Å². The number of nitrogens with one attached hydrogen (secondary N) is 1. The van der Waals surface area contributed by atoms with Crippen LogP contribution in [-0.4, -0.2) is 35.6 Å². The minimum Gasteiger partial charge on any atom is -0.496 e. The first kappa shape index (κ1) is 21.1. The highest BCUT2D eigenvalue weighted by Gasteiger charge is 2.36. The molecule has 0 unspecified atom stereocenters. The fourth-order valence-corrected chi connectivity index (χ4v) is 4.12. The van der Waals surface area contributed by atoms with Gasteiger partial charge >= 0.3 is 0 Å². The van der Waals surface area contributed by atoms with Gasteiger partial charge in [-0.3, -0.25) is 19.3 Å². The Labute approximate surface area is 181 Å². The predicted octanol–water partition coefficient (Wildman–Crippen LogP) is 4.75. The van der Waals surface area contributed by atoms with Crippen molar-refractivity contribution in [1.29, 1.82) is 0 Å². The molecule has 1 saturated heterocycles. The molecule has 2 aromatic carbocycles. The topological polar surface area (TPSA) is 75.7 Å². The van der Waals surface area contributed by atoms with Gasteiger partial charge in [-0.25, -0.2) is 0 Å². The molecule has 0 bridgehead atoms. The molecule has 0 saturated carbocycles. The summed E-state index contributed by atoms with van der Waals surface area (Å²) in [6, 6.07) is 10.9. The van der Waals surface area contributed by atoms with E-state index >= 15 is 0 Å². The Balaban J connectivity index is 1.70. The molecule has 1 fully saturated rings. The van der Waals surface area contributed by atoms with Gasteiger partial charge in [-0.1, -0.05) is 12.1 Å². The van der Waals surface area contributed by atoms with Crippen molar-refractivity contribution in [3.8, 4) is 5.75 Å². The van der Waals surface area contributed by atoms with Gasteiger partial charge in [-0.2, -0.15) is 0 Å². The molecule has 150 valence electrons. The number of halogens is 1. The van der Waals surface area contributed by atoms with Gasteiger partial charge < -0.3 is 10.1 Å². The average Bonchev–Trinajstić information content (AvgIpc) is 2.92. The minimum atomic E-state index is -0.484. The van der Waals surface area contributed by atoms with Crippen molar-refractivity contribution in [1.82, 2.24) is 4.90 Å². The number of carbonyl (C=O) groups is 3. The van der Waals surface area contributed by atoms with Crippen molar-refractivity contribution < 1.29 is 19.1 Å². The molecule has 0 spiro atoms. The molecule has 0 aliphatic carbocycles. The third-order valence-corrected chi connectivity index (χ3v) is 5.97. The van der Waals surface area contributed by atoms with E-state index in [0.29, 0.717) is 11.4 Å². The Morgan fingerprint density at radius 1 is 1.17 bits per heavy atom. The van der Waals surface area contributed by atoms with Gasteiger partial charge in [0.25, 0.3) is 11.1 Å². The zero-order valence-corrected chi connectivity index (χ0v) is 18.5. The summed E-state index contributed by atoms with van der Waals surface area (Å²) in [7, 11) is 1.56. The second-order valence-electron chi connectivity index (χ2n) is 6.51. The second kappa shape index (κ2) is 8.84. The zero-order valence-electron chi connectivity index (χ0n) is 16.1. The van der Waals surface area contributed by atoms with Gasteiger partial charge in [-0.15, -0.1) is 0 Å². The van der Waals surface area contributed by atoms with Crippen LogP contribution in [-0.2, 0) is 9.59 Å². The van der Waals surface area contributed by atoms with Gasteiger partial charge in [-0.05, 0) is 88.6 Å². The number of hydrogen-bond acceptors (Lipinski definition) is 5. The smallest absolute Gasteiger partial charge is 0.294 e. The summed E-state index contributed by atoms with van der Waals surface area (Å²) in [6.07, 6.45) is 1.62. The molecule has 29 heavy (non-hydrogen) atoms. The van der Waals surface area contributed by atoms with E-state index in [2.05, 4.69) is 21.2 Å². The lowest BCUT2D eigenvalue weighted by atomic mass is 10.1. The lowest BCUT2D eigenvalue weighted by Gasteiger charge is -2.13. The van der Waals surface area contributed by atoms with Gasteiger partial charge in [0.1, 0.15) is 12.3 Å². The van der Waals surface area contributed by atoms with E-state index in [-0.39, 0.29) is 11.4 Å². The van der Waals surface area contributed by atoms with Crippen LogP contribution in [0.25, 0.3) is 6.08 Å². The summed E-state index contributed by atoms with van der Waals surface area (Å²) < 4.78 is 5.92. The van der Waals surface area contributed by atoms with E-state index in [4.69, 9.17) is 4.74 Å². The number of methoxy groups -OCH3 is 1. The van der Waals surface area contributed by atoms with E-state index in [1.165, 1.54) is 0 Å². The molecule has 0 atom stereocenters. The summed E-state index contributed by atoms with van der Waals surface area (Å²) in [5, 5.41) is 2.26. The number of rotatable bonds is 5. The van der Waals surface area contributed by atoms with Crippen molar-refractivity contribution in [3.05, 3.63) is 62.5 Å². The number of anilines is 1. The molecule has 2 aromatic rings. The molecule has 8 heteroatoms. The first-order valence-electron chi connectivity index (χ1n) is 8.74. The van der Waals surface area contributed by atoms with Gasteiger partial charge in [0.2, 0.25) is 5.91 Å². The lowest BCUT2D eigenvalue weighted by molar-refractivity contribution is -0.127. The van der Waals surface area contributed by atoms with Crippen LogP contribution in [0.3, 0.4) is 0 Å². The van der Waals surface area contributed by atoms with E-state index in [1.54, 1.807) is 37.5 Å². The standard InChI is InChI=1S/C21H19BrN2O4S/c1-12-4-6-15(8-13(12)2)23-19(25)11-24-20(26)18(29-21(24)27)10-14-5-7-17(28-3)16(22)9-14/h4-10H,11H2,1-3H3,(H,23,25)/b18-10-. The summed E-state index contributed by atoms with van der Waals surface area (Å²) in [5.41, 5.74) is 3.53. The van der Waals surface area contributed by atoms with Gasteiger partial charge in [0.05, 0.1) is 16.5 Å². The Kier molecular flexibility index (Phi) is 6.44. The first-order chi connectivity index (χ1) is 13.8. The van der Waals surface area contributed by atoms with Crippen molar-refractivity contribution in [2.45, 2.75) is 13.8 Å². The molecule has 3 amide bonds. The predicted molar refractivity (Wildman–Crippen MR) is 118 cm³/mol. The van der Waals surface area contributed by atoms with Crippen LogP contribution in [0.2, 0.25) is 0 Å². The maximum Gasteiger partial charge on any atom is 0.294 e. The lowest BCUT2D eigenvalue weighted by Crippen LogP contribution is -2.36. The fraction of sp³-hybridized carbons (Fsp3) is 0.190. The van der Waals surface area contributed by atoms with E-state index in [0.717, 1.165) is 37.8 Å². The third-order valence-electron chi connectivity index (χ3n) is 4.44. The average molecular weight is 475 g/mol. The Bertz CT molecular complexity index is 1040. The summed E-state index contributed by atoms with van der Waals surface area (Å²) in [4.78, 5) is 38.4. The Morgan fingerprint density at radius 2 is 1.93 bits per heavy atom. The number of carbonyl (C=O) groups excluding carboxylic acids is 3. The highest BCUT2D eigenvalue weighted by Crippen LogP contribution is 2.33. The number of hydrogen-bond donors (Lipinski definition) is 1. The molecule has 1 N–H and O–H groups in total. The van der Waals surface area contributed by atoms with Crippen LogP contribution in [0.5, 0.6) is 5.75 Å². The number of aryl methyl sites for hydroxylation is 2. The van der Waals surface area contributed by atoms with Gasteiger partial charge in [0.15, 0.2) is 0 Å². The number of ether oxygens (including phenoxy) is 1. The quantitative estimate of drug-likeness (QED) is 0.632. The summed E-state index contributed by atoms with van der Waals surface area (Å²) in [5.74, 6) is -0.246. The van der Waals surface area contributed by atoms with Crippen molar-refractivity contribution in [2.24, 2.45) is 0 Å². The molecule has 1 aliphatic heterocycles. The molecule has 1 aliphatic rings. The van der Waals surface area contributed by atoms with E-state index < -0.39 is 17.1 Å². The van der Waals surface area contributed by atoms with Gasteiger partial charge in [0, 0.05) is 5.69 Å². The van der Waals surface area contributed by atoms with Crippen LogP contribution >= 0.6 is 27.7 Å². The number of amides is 3. The van der Waals surface area contributed by atoms with Crippen molar-refractivity contribution in [2.75, 3.05) is 19.0 Å². The molecule has 3 rings (SSSR count). The monoisotopic (exact) mass is 474 g/mol. The van der Waals surface area contributed by atoms with E-state index in [9.17, 15) is 14.4 Å². The number of nitrogens with zero attached hydrogens (tertiary/aromatic N) is 1. The minimum absolute atomic E-state index is 0.269. The SMILES string of the molecule is COc1ccc(/C=C2\SC(=O)N(CC(=O)Nc3ccc(C)c(C)c3)C2=O)cc1Br. The first-order valence-corrected chi connectivity index (χ1v) is 10.4. The van der Waals surface area contributed by atoms with Crippen LogP contribution < -0.4 is 10.1 Å². The largest absolute Gasteiger partial charge is 0.496 e.